The van der Waals surface area contributed by atoms with Crippen molar-refractivity contribution in [2.24, 2.45) is 0 Å². The Bertz CT molecular complexity index is 627. The molecule has 21 heavy (non-hydrogen) atoms. The minimum Gasteiger partial charge on any atom is -0.493 e. The zero-order valence-electron chi connectivity index (χ0n) is 11.5. The van der Waals surface area contributed by atoms with E-state index >= 15 is 0 Å². The van der Waals surface area contributed by atoms with Gasteiger partial charge < -0.3 is 10.1 Å². The highest BCUT2D eigenvalue weighted by molar-refractivity contribution is 5.91. The van der Waals surface area contributed by atoms with E-state index < -0.39 is 5.82 Å². The third kappa shape index (κ3) is 4.56. The summed E-state index contributed by atoms with van der Waals surface area (Å²) >= 11 is 0. The van der Waals surface area contributed by atoms with Gasteiger partial charge in [-0.25, -0.2) is 8.78 Å². The molecule has 0 heterocycles. The number of benzene rings is 2. The van der Waals surface area contributed by atoms with Gasteiger partial charge in [0.15, 0.2) is 0 Å². The van der Waals surface area contributed by atoms with Gasteiger partial charge in [-0.1, -0.05) is 6.07 Å². The molecule has 110 valence electrons. The van der Waals surface area contributed by atoms with E-state index in [2.05, 4.69) is 5.32 Å². The Balaban J connectivity index is 1.82. The Morgan fingerprint density at radius 2 is 1.86 bits per heavy atom. The molecule has 0 aromatic heterocycles. The lowest BCUT2D eigenvalue weighted by molar-refractivity contribution is -0.116. The predicted molar refractivity (Wildman–Crippen MR) is 76.3 cm³/mol. The Kier molecular flexibility index (Phi) is 4.87. The standard InChI is InChI=1S/C16H15F2NO2/c1-11-2-7-14(18)15(10-11)19-16(20)8-9-21-13-5-3-12(17)4-6-13/h2-7,10H,8-9H2,1H3,(H,19,20). The molecule has 0 aliphatic carbocycles. The van der Waals surface area contributed by atoms with Crippen molar-refractivity contribution in [3.05, 3.63) is 59.7 Å². The maximum absolute atomic E-state index is 13.5. The van der Waals surface area contributed by atoms with Crippen LogP contribution in [0.5, 0.6) is 5.75 Å². The van der Waals surface area contributed by atoms with E-state index in [1.54, 1.807) is 12.1 Å². The summed E-state index contributed by atoms with van der Waals surface area (Å²) in [6, 6.07) is 10.0. The van der Waals surface area contributed by atoms with E-state index in [1.165, 1.54) is 30.3 Å². The van der Waals surface area contributed by atoms with Crippen LogP contribution in [-0.4, -0.2) is 12.5 Å². The number of aryl methyl sites for hydroxylation is 1. The van der Waals surface area contributed by atoms with Crippen molar-refractivity contribution in [1.82, 2.24) is 0 Å². The van der Waals surface area contributed by atoms with Gasteiger partial charge in [-0.2, -0.15) is 0 Å². The third-order valence-electron chi connectivity index (χ3n) is 2.81. The van der Waals surface area contributed by atoms with E-state index in [-0.39, 0.29) is 30.4 Å². The maximum atomic E-state index is 13.5. The monoisotopic (exact) mass is 291 g/mol. The van der Waals surface area contributed by atoms with E-state index in [1.807, 2.05) is 6.92 Å². The van der Waals surface area contributed by atoms with Gasteiger partial charge in [0.2, 0.25) is 5.91 Å². The van der Waals surface area contributed by atoms with Crippen molar-refractivity contribution in [2.45, 2.75) is 13.3 Å². The first-order valence-electron chi connectivity index (χ1n) is 6.49. The molecule has 0 saturated heterocycles. The number of anilines is 1. The second-order valence-electron chi connectivity index (χ2n) is 4.58. The van der Waals surface area contributed by atoms with Crippen molar-refractivity contribution in [3.63, 3.8) is 0 Å². The summed E-state index contributed by atoms with van der Waals surface area (Å²) in [5.74, 6) is -0.698. The topological polar surface area (TPSA) is 38.3 Å². The largest absolute Gasteiger partial charge is 0.493 e. The second-order valence-corrected chi connectivity index (χ2v) is 4.58. The lowest BCUT2D eigenvalue weighted by atomic mass is 10.2. The summed E-state index contributed by atoms with van der Waals surface area (Å²) in [6.45, 7) is 1.94. The van der Waals surface area contributed by atoms with E-state index in [4.69, 9.17) is 4.74 Å². The predicted octanol–water partition coefficient (Wildman–Crippen LogP) is 3.68. The van der Waals surface area contributed by atoms with Gasteiger partial charge in [0.1, 0.15) is 17.4 Å². The highest BCUT2D eigenvalue weighted by Crippen LogP contribution is 2.16. The van der Waals surface area contributed by atoms with Crippen LogP contribution in [0.4, 0.5) is 14.5 Å². The highest BCUT2D eigenvalue weighted by Gasteiger charge is 2.07. The van der Waals surface area contributed by atoms with Gasteiger partial charge >= 0.3 is 0 Å². The first-order chi connectivity index (χ1) is 10.0. The van der Waals surface area contributed by atoms with Crippen LogP contribution in [0.25, 0.3) is 0 Å². The fraction of sp³-hybridized carbons (Fsp3) is 0.188. The minimum absolute atomic E-state index is 0.0742. The summed E-state index contributed by atoms with van der Waals surface area (Å²) in [5.41, 5.74) is 1.01. The first kappa shape index (κ1) is 15.0. The molecule has 2 aromatic rings. The Hall–Kier alpha value is -2.43. The van der Waals surface area contributed by atoms with Crippen molar-refractivity contribution >= 4 is 11.6 Å². The lowest BCUT2D eigenvalue weighted by Crippen LogP contribution is -2.16. The van der Waals surface area contributed by atoms with Crippen LogP contribution in [0, 0.1) is 18.6 Å². The molecule has 0 fully saturated rings. The number of rotatable bonds is 5. The number of hydrogen-bond donors (Lipinski definition) is 1. The van der Waals surface area contributed by atoms with Crippen LogP contribution >= 0.6 is 0 Å². The SMILES string of the molecule is Cc1ccc(F)c(NC(=O)CCOc2ccc(F)cc2)c1. The van der Waals surface area contributed by atoms with E-state index in [0.717, 1.165) is 5.56 Å². The summed E-state index contributed by atoms with van der Waals surface area (Å²) in [5, 5.41) is 2.49. The van der Waals surface area contributed by atoms with Crippen LogP contribution in [-0.2, 0) is 4.79 Å². The number of amides is 1. The third-order valence-corrected chi connectivity index (χ3v) is 2.81. The van der Waals surface area contributed by atoms with Crippen LogP contribution in [0.15, 0.2) is 42.5 Å². The van der Waals surface area contributed by atoms with Gasteiger partial charge in [0.25, 0.3) is 0 Å². The molecular weight excluding hydrogens is 276 g/mol. The number of nitrogens with one attached hydrogen (secondary N) is 1. The summed E-state index contributed by atoms with van der Waals surface area (Å²) in [6.07, 6.45) is 0.0742. The molecule has 0 radical (unpaired) electrons. The normalized spacial score (nSPS) is 10.2. The molecule has 0 saturated carbocycles. The van der Waals surface area contributed by atoms with Gasteiger partial charge in [0, 0.05) is 0 Å². The first-order valence-corrected chi connectivity index (χ1v) is 6.49. The van der Waals surface area contributed by atoms with Gasteiger partial charge in [-0.3, -0.25) is 4.79 Å². The Morgan fingerprint density at radius 1 is 1.14 bits per heavy atom. The molecule has 0 spiro atoms. The Labute approximate surface area is 121 Å². The quantitative estimate of drug-likeness (QED) is 0.912. The zero-order chi connectivity index (χ0) is 15.2. The second kappa shape index (κ2) is 6.83. The van der Waals surface area contributed by atoms with Crippen molar-refractivity contribution < 1.29 is 18.3 Å². The number of carbonyl (C=O) groups excluding carboxylic acids is 1. The van der Waals surface area contributed by atoms with Gasteiger partial charge in [-0.15, -0.1) is 0 Å². The molecule has 0 aliphatic rings. The number of ether oxygens (including phenoxy) is 1. The Morgan fingerprint density at radius 3 is 2.57 bits per heavy atom. The van der Waals surface area contributed by atoms with Crippen molar-refractivity contribution in [1.29, 1.82) is 0 Å². The van der Waals surface area contributed by atoms with Crippen LogP contribution in [0.2, 0.25) is 0 Å². The van der Waals surface area contributed by atoms with Crippen molar-refractivity contribution in [3.8, 4) is 5.75 Å². The smallest absolute Gasteiger partial charge is 0.227 e. The molecule has 2 rings (SSSR count). The van der Waals surface area contributed by atoms with Gasteiger partial charge in [0.05, 0.1) is 18.7 Å². The average molecular weight is 291 g/mol. The molecule has 0 aliphatic heterocycles. The van der Waals surface area contributed by atoms with Crippen LogP contribution in [0.1, 0.15) is 12.0 Å². The highest BCUT2D eigenvalue weighted by atomic mass is 19.1. The molecule has 0 atom stereocenters. The molecule has 2 aromatic carbocycles. The maximum Gasteiger partial charge on any atom is 0.227 e. The number of halogens is 2. The molecule has 3 nitrogen and oxygen atoms in total. The lowest BCUT2D eigenvalue weighted by Gasteiger charge is -2.08. The average Bonchev–Trinajstić information content (AvgIpc) is 2.45. The fourth-order valence-electron chi connectivity index (χ4n) is 1.74. The van der Waals surface area contributed by atoms with Crippen molar-refractivity contribution in [2.75, 3.05) is 11.9 Å². The van der Waals surface area contributed by atoms with E-state index in [9.17, 15) is 13.6 Å². The minimum atomic E-state index is -0.478. The van der Waals surface area contributed by atoms with E-state index in [0.29, 0.717) is 5.75 Å². The zero-order valence-corrected chi connectivity index (χ0v) is 11.5. The molecular formula is C16H15F2NO2. The fourth-order valence-corrected chi connectivity index (χ4v) is 1.74. The molecule has 0 unspecified atom stereocenters. The van der Waals surface area contributed by atoms with Crippen LogP contribution < -0.4 is 10.1 Å². The summed E-state index contributed by atoms with van der Waals surface area (Å²) in [4.78, 5) is 11.7. The van der Waals surface area contributed by atoms with Gasteiger partial charge in [-0.05, 0) is 48.9 Å². The number of carbonyl (C=O) groups is 1. The molecule has 1 amide bonds. The molecule has 0 bridgehead atoms. The summed E-state index contributed by atoms with van der Waals surface area (Å²) < 4.78 is 31.5. The summed E-state index contributed by atoms with van der Waals surface area (Å²) in [7, 11) is 0. The number of hydrogen-bond acceptors (Lipinski definition) is 2. The molecule has 5 heteroatoms. The molecule has 1 N–H and O–H groups in total. The van der Waals surface area contributed by atoms with Crippen LogP contribution in [0.3, 0.4) is 0 Å².